The van der Waals surface area contributed by atoms with Gasteiger partial charge in [-0.1, -0.05) is 19.4 Å². The maximum absolute atomic E-state index is 12.3. The van der Waals surface area contributed by atoms with E-state index in [-0.39, 0.29) is 29.8 Å². The number of unbranched alkanes of at least 4 members (excludes halogenated alkanes) is 1. The summed E-state index contributed by atoms with van der Waals surface area (Å²) in [7, 11) is 0. The Kier molecular flexibility index (Phi) is 5.39. The molecule has 0 bridgehead atoms. The lowest BCUT2D eigenvalue weighted by Gasteiger charge is -2.09. The first kappa shape index (κ1) is 18.4. The van der Waals surface area contributed by atoms with Crippen LogP contribution in [0.1, 0.15) is 56.7 Å². The number of rotatable bonds is 8. The van der Waals surface area contributed by atoms with Gasteiger partial charge in [0.1, 0.15) is 0 Å². The van der Waals surface area contributed by atoms with Crippen LogP contribution in [-0.4, -0.2) is 49.4 Å². The van der Waals surface area contributed by atoms with Gasteiger partial charge in [0, 0.05) is 13.1 Å². The zero-order valence-electron chi connectivity index (χ0n) is 14.9. The van der Waals surface area contributed by atoms with Gasteiger partial charge in [-0.25, -0.2) is 9.48 Å². The number of amides is 2. The number of carbonyl (C=O) groups excluding carboxylic acids is 3. The topological polar surface area (TPSA) is 107 Å². The van der Waals surface area contributed by atoms with E-state index in [2.05, 4.69) is 29.0 Å². The number of ether oxygens (including phenoxy) is 1. The van der Waals surface area contributed by atoms with Gasteiger partial charge in [0.15, 0.2) is 12.4 Å². The van der Waals surface area contributed by atoms with Crippen LogP contribution < -0.4 is 0 Å². The van der Waals surface area contributed by atoms with Crippen LogP contribution in [0.15, 0.2) is 30.9 Å². The van der Waals surface area contributed by atoms with Gasteiger partial charge in [0.25, 0.3) is 11.8 Å². The van der Waals surface area contributed by atoms with Crippen molar-refractivity contribution >= 4 is 17.8 Å². The molecule has 2 heterocycles. The van der Waals surface area contributed by atoms with Crippen LogP contribution in [0.3, 0.4) is 0 Å². The minimum Gasteiger partial charge on any atom is -0.454 e. The lowest BCUT2D eigenvalue weighted by atomic mass is 10.1. The number of tetrazole rings is 1. The Bertz CT molecular complexity index is 905. The van der Waals surface area contributed by atoms with Crippen molar-refractivity contribution in [2.75, 3.05) is 6.54 Å². The van der Waals surface area contributed by atoms with Gasteiger partial charge in [-0.2, -0.15) is 0 Å². The monoisotopic (exact) mass is 369 g/mol. The first-order valence-corrected chi connectivity index (χ1v) is 8.60. The van der Waals surface area contributed by atoms with Gasteiger partial charge in [-0.15, -0.1) is 11.7 Å². The van der Waals surface area contributed by atoms with E-state index in [4.69, 9.17) is 4.74 Å². The SMILES string of the molecule is C=CCN1C(=O)c2ccc(C(=O)OCc3nnnn3CCCC)cc2C1=O. The Hall–Kier alpha value is -3.36. The van der Waals surface area contributed by atoms with Gasteiger partial charge < -0.3 is 4.74 Å². The molecule has 0 N–H and O–H groups in total. The lowest BCUT2D eigenvalue weighted by molar-refractivity contribution is 0.0456. The van der Waals surface area contributed by atoms with Crippen LogP contribution in [0, 0.1) is 0 Å². The molecule has 1 aromatic heterocycles. The van der Waals surface area contributed by atoms with Gasteiger partial charge in [0.2, 0.25) is 0 Å². The average Bonchev–Trinajstić information content (AvgIpc) is 3.22. The highest BCUT2D eigenvalue weighted by atomic mass is 16.5. The Morgan fingerprint density at radius 2 is 2.04 bits per heavy atom. The molecular formula is C18H19N5O4. The summed E-state index contributed by atoms with van der Waals surface area (Å²) in [5.74, 6) is -1.02. The quantitative estimate of drug-likeness (QED) is 0.395. The molecule has 1 aromatic carbocycles. The largest absolute Gasteiger partial charge is 0.454 e. The third-order valence-corrected chi connectivity index (χ3v) is 4.18. The van der Waals surface area contributed by atoms with Crippen molar-refractivity contribution in [3.05, 3.63) is 53.4 Å². The molecule has 3 rings (SSSR count). The molecule has 27 heavy (non-hydrogen) atoms. The maximum Gasteiger partial charge on any atom is 0.338 e. The Morgan fingerprint density at radius 1 is 1.26 bits per heavy atom. The molecular weight excluding hydrogens is 350 g/mol. The van der Waals surface area contributed by atoms with E-state index in [1.165, 1.54) is 24.3 Å². The molecule has 9 heteroatoms. The summed E-state index contributed by atoms with van der Waals surface area (Å²) in [6, 6.07) is 4.30. The Balaban J connectivity index is 1.71. The molecule has 140 valence electrons. The molecule has 0 spiro atoms. The maximum atomic E-state index is 12.3. The average molecular weight is 369 g/mol. The summed E-state index contributed by atoms with van der Waals surface area (Å²) in [6.45, 7) is 6.27. The lowest BCUT2D eigenvalue weighted by Crippen LogP contribution is -2.29. The minimum absolute atomic E-state index is 0.0813. The number of aromatic nitrogens is 4. The minimum atomic E-state index is -0.620. The fourth-order valence-electron chi connectivity index (χ4n) is 2.73. The van der Waals surface area contributed by atoms with Crippen molar-refractivity contribution in [2.24, 2.45) is 0 Å². The van der Waals surface area contributed by atoms with E-state index in [0.717, 1.165) is 17.7 Å². The van der Waals surface area contributed by atoms with Crippen LogP contribution in [-0.2, 0) is 17.9 Å². The summed E-state index contributed by atoms with van der Waals surface area (Å²) >= 11 is 0. The van der Waals surface area contributed by atoms with E-state index in [9.17, 15) is 14.4 Å². The summed E-state index contributed by atoms with van der Waals surface area (Å²) in [5, 5.41) is 11.3. The molecule has 0 fully saturated rings. The smallest absolute Gasteiger partial charge is 0.338 e. The van der Waals surface area contributed by atoms with Crippen molar-refractivity contribution in [2.45, 2.75) is 32.9 Å². The molecule has 1 aliphatic rings. The molecule has 0 atom stereocenters. The van der Waals surface area contributed by atoms with E-state index in [1.807, 2.05) is 0 Å². The highest BCUT2D eigenvalue weighted by molar-refractivity contribution is 6.22. The number of hydrogen-bond donors (Lipinski definition) is 0. The van der Waals surface area contributed by atoms with Crippen LogP contribution in [0.4, 0.5) is 0 Å². The third kappa shape index (κ3) is 3.62. The van der Waals surface area contributed by atoms with E-state index >= 15 is 0 Å². The van der Waals surface area contributed by atoms with Crippen molar-refractivity contribution in [1.82, 2.24) is 25.1 Å². The van der Waals surface area contributed by atoms with Gasteiger partial charge in [0.05, 0.1) is 16.7 Å². The van der Waals surface area contributed by atoms with Crippen LogP contribution in [0.2, 0.25) is 0 Å². The fourth-order valence-corrected chi connectivity index (χ4v) is 2.73. The fraction of sp³-hybridized carbons (Fsp3) is 0.333. The highest BCUT2D eigenvalue weighted by Crippen LogP contribution is 2.24. The molecule has 0 aliphatic carbocycles. The molecule has 2 amide bonds. The predicted octanol–water partition coefficient (Wildman–Crippen LogP) is 1.61. The van der Waals surface area contributed by atoms with Crippen LogP contribution in [0.25, 0.3) is 0 Å². The van der Waals surface area contributed by atoms with Crippen LogP contribution in [0.5, 0.6) is 0 Å². The number of carbonyl (C=O) groups is 3. The van der Waals surface area contributed by atoms with Gasteiger partial charge in [-0.05, 0) is 35.0 Å². The first-order valence-electron chi connectivity index (χ1n) is 8.60. The number of nitrogens with zero attached hydrogens (tertiary/aromatic N) is 5. The van der Waals surface area contributed by atoms with Crippen molar-refractivity contribution in [3.63, 3.8) is 0 Å². The molecule has 0 saturated carbocycles. The second-order valence-corrected chi connectivity index (χ2v) is 6.02. The zero-order valence-corrected chi connectivity index (χ0v) is 14.9. The summed E-state index contributed by atoms with van der Waals surface area (Å²) in [4.78, 5) is 37.9. The second kappa shape index (κ2) is 7.90. The molecule has 0 radical (unpaired) electrons. The Morgan fingerprint density at radius 3 is 2.78 bits per heavy atom. The van der Waals surface area contributed by atoms with E-state index < -0.39 is 17.8 Å². The predicted molar refractivity (Wildman–Crippen MR) is 93.9 cm³/mol. The number of benzene rings is 1. The number of imide groups is 1. The molecule has 0 unspecified atom stereocenters. The van der Waals surface area contributed by atoms with Crippen LogP contribution >= 0.6 is 0 Å². The molecule has 0 saturated heterocycles. The number of esters is 1. The van der Waals surface area contributed by atoms with Crippen molar-refractivity contribution in [1.29, 1.82) is 0 Å². The molecule has 1 aliphatic heterocycles. The molecule has 9 nitrogen and oxygen atoms in total. The van der Waals surface area contributed by atoms with E-state index in [0.29, 0.717) is 12.4 Å². The summed E-state index contributed by atoms with van der Waals surface area (Å²) in [5.41, 5.74) is 0.633. The first-order chi connectivity index (χ1) is 13.1. The van der Waals surface area contributed by atoms with Crippen molar-refractivity contribution in [3.8, 4) is 0 Å². The number of hydrogen-bond acceptors (Lipinski definition) is 7. The second-order valence-electron chi connectivity index (χ2n) is 6.02. The van der Waals surface area contributed by atoms with Crippen molar-refractivity contribution < 1.29 is 19.1 Å². The Labute approximate surface area is 155 Å². The summed E-state index contributed by atoms with van der Waals surface area (Å²) in [6.07, 6.45) is 3.37. The number of fused-ring (bicyclic) bond motifs is 1. The summed E-state index contributed by atoms with van der Waals surface area (Å²) < 4.78 is 6.85. The normalized spacial score (nSPS) is 13.0. The standard InChI is InChI=1S/C18H19N5O4/c1-3-5-9-23-15(19-20-21-23)11-27-18(26)12-6-7-13-14(10-12)17(25)22(8-4-2)16(13)24/h4,6-7,10H,2-3,5,8-9,11H2,1H3. The number of aryl methyl sites for hydroxylation is 1. The zero-order chi connectivity index (χ0) is 19.4. The van der Waals surface area contributed by atoms with Gasteiger partial charge in [-0.3, -0.25) is 14.5 Å². The van der Waals surface area contributed by atoms with Gasteiger partial charge >= 0.3 is 5.97 Å². The third-order valence-electron chi connectivity index (χ3n) is 4.18. The highest BCUT2D eigenvalue weighted by Gasteiger charge is 2.35. The molecule has 2 aromatic rings. The van der Waals surface area contributed by atoms with E-state index in [1.54, 1.807) is 4.68 Å².